The fourth-order valence-corrected chi connectivity index (χ4v) is 2.48. The van der Waals surface area contributed by atoms with Gasteiger partial charge in [-0.25, -0.2) is 5.43 Å². The van der Waals surface area contributed by atoms with Crippen LogP contribution in [0.4, 0.5) is 5.69 Å². The molecule has 0 saturated carbocycles. The van der Waals surface area contributed by atoms with Gasteiger partial charge in [-0.05, 0) is 48.0 Å². The van der Waals surface area contributed by atoms with E-state index in [2.05, 4.69) is 31.8 Å². The van der Waals surface area contributed by atoms with Crippen LogP contribution in [-0.4, -0.2) is 24.8 Å². The largest absolute Gasteiger partial charge is 0.454 e. The molecule has 1 aliphatic rings. The Morgan fingerprint density at radius 1 is 1.04 bits per heavy atom. The Morgan fingerprint density at radius 2 is 1.77 bits per heavy atom. The molecular weight excluding hydrogens is 402 g/mol. The van der Waals surface area contributed by atoms with Crippen LogP contribution in [0.15, 0.2) is 52.0 Å². The van der Waals surface area contributed by atoms with Crippen molar-refractivity contribution in [1.29, 1.82) is 0 Å². The van der Waals surface area contributed by atoms with Gasteiger partial charge >= 0.3 is 0 Å². The zero-order valence-electron chi connectivity index (χ0n) is 13.7. The summed E-state index contributed by atoms with van der Waals surface area (Å²) in [6.45, 7) is 0.203. The molecule has 2 amide bonds. The minimum absolute atomic E-state index is 0.0425. The summed E-state index contributed by atoms with van der Waals surface area (Å²) in [5.74, 6) is 0.753. The van der Waals surface area contributed by atoms with Crippen LogP contribution in [0.25, 0.3) is 0 Å². The Kier molecular flexibility index (Phi) is 5.85. The Balaban J connectivity index is 1.41. The van der Waals surface area contributed by atoms with Crippen molar-refractivity contribution >= 4 is 39.6 Å². The van der Waals surface area contributed by atoms with Gasteiger partial charge < -0.3 is 14.8 Å². The molecule has 0 bridgehead atoms. The number of anilines is 1. The van der Waals surface area contributed by atoms with E-state index in [1.54, 1.807) is 30.3 Å². The van der Waals surface area contributed by atoms with Gasteiger partial charge in [0.25, 0.3) is 0 Å². The first kappa shape index (κ1) is 17.9. The van der Waals surface area contributed by atoms with E-state index in [1.807, 2.05) is 12.1 Å². The number of nitrogens with one attached hydrogen (secondary N) is 2. The van der Waals surface area contributed by atoms with Gasteiger partial charge in [-0.2, -0.15) is 5.10 Å². The first-order valence-corrected chi connectivity index (χ1v) is 8.66. The predicted octanol–water partition coefficient (Wildman–Crippen LogP) is 3.05. The Bertz CT molecular complexity index is 837. The number of carbonyl (C=O) groups is 2. The second-order valence-electron chi connectivity index (χ2n) is 5.46. The quantitative estimate of drug-likeness (QED) is 0.558. The maximum absolute atomic E-state index is 11.8. The standard InChI is InChI=1S/C18H16BrN3O4/c19-13-2-4-14(5-3-13)21-17(23)7-8-18(24)22-20-10-12-1-6-15-16(9-12)26-11-25-15/h1-6,9-10H,7-8,11H2,(H,21,23)(H,22,24)/b20-10-. The maximum Gasteiger partial charge on any atom is 0.240 e. The van der Waals surface area contributed by atoms with Gasteiger partial charge in [0.05, 0.1) is 6.21 Å². The number of benzene rings is 2. The van der Waals surface area contributed by atoms with Gasteiger partial charge in [-0.15, -0.1) is 0 Å². The van der Waals surface area contributed by atoms with Gasteiger partial charge in [0.1, 0.15) is 0 Å². The van der Waals surface area contributed by atoms with Crippen molar-refractivity contribution in [2.45, 2.75) is 12.8 Å². The summed E-state index contributed by atoms with van der Waals surface area (Å²) in [5, 5.41) is 6.61. The van der Waals surface area contributed by atoms with Gasteiger partial charge in [0.15, 0.2) is 11.5 Å². The number of hydrazone groups is 1. The number of hydrogen-bond acceptors (Lipinski definition) is 5. The molecule has 2 aromatic rings. The van der Waals surface area contributed by atoms with E-state index in [1.165, 1.54) is 6.21 Å². The van der Waals surface area contributed by atoms with Crippen molar-refractivity contribution in [1.82, 2.24) is 5.43 Å². The molecule has 3 rings (SSSR count). The summed E-state index contributed by atoms with van der Waals surface area (Å²) in [7, 11) is 0. The molecule has 2 N–H and O–H groups in total. The smallest absolute Gasteiger partial charge is 0.240 e. The van der Waals surface area contributed by atoms with E-state index in [0.717, 1.165) is 10.0 Å². The van der Waals surface area contributed by atoms with Crippen molar-refractivity contribution in [2.75, 3.05) is 12.1 Å². The first-order valence-electron chi connectivity index (χ1n) is 7.87. The van der Waals surface area contributed by atoms with E-state index in [4.69, 9.17) is 9.47 Å². The normalized spacial score (nSPS) is 12.2. The molecule has 0 unspecified atom stereocenters. The lowest BCUT2D eigenvalue weighted by atomic mass is 10.2. The summed E-state index contributed by atoms with van der Waals surface area (Å²) in [6.07, 6.45) is 1.62. The molecule has 1 aliphatic heterocycles. The highest BCUT2D eigenvalue weighted by Crippen LogP contribution is 2.31. The number of halogens is 1. The molecule has 0 saturated heterocycles. The van der Waals surface area contributed by atoms with Crippen molar-refractivity contribution in [3.8, 4) is 11.5 Å². The minimum atomic E-state index is -0.340. The van der Waals surface area contributed by atoms with E-state index in [0.29, 0.717) is 17.2 Å². The van der Waals surface area contributed by atoms with Crippen LogP contribution in [0.1, 0.15) is 18.4 Å². The monoisotopic (exact) mass is 417 g/mol. The molecule has 8 heteroatoms. The SMILES string of the molecule is O=C(CCC(=O)Nc1ccc(Br)cc1)N/N=C\c1ccc2c(c1)OCO2. The molecule has 0 radical (unpaired) electrons. The number of rotatable bonds is 6. The fraction of sp³-hybridized carbons (Fsp3) is 0.167. The molecule has 0 aromatic heterocycles. The molecule has 0 spiro atoms. The van der Waals surface area contributed by atoms with Crippen LogP contribution in [0, 0.1) is 0 Å². The zero-order chi connectivity index (χ0) is 18.4. The molecular formula is C18H16BrN3O4. The van der Waals surface area contributed by atoms with Crippen LogP contribution in [0.2, 0.25) is 0 Å². The van der Waals surface area contributed by atoms with Crippen molar-refractivity contribution < 1.29 is 19.1 Å². The van der Waals surface area contributed by atoms with Gasteiger partial charge in [-0.1, -0.05) is 15.9 Å². The number of fused-ring (bicyclic) bond motifs is 1. The Morgan fingerprint density at radius 3 is 2.58 bits per heavy atom. The van der Waals surface area contributed by atoms with Gasteiger partial charge in [-0.3, -0.25) is 9.59 Å². The van der Waals surface area contributed by atoms with Crippen LogP contribution in [-0.2, 0) is 9.59 Å². The first-order chi connectivity index (χ1) is 12.6. The lowest BCUT2D eigenvalue weighted by Crippen LogP contribution is -2.20. The summed E-state index contributed by atoms with van der Waals surface area (Å²) >= 11 is 3.32. The third-order valence-electron chi connectivity index (χ3n) is 3.51. The number of nitrogens with zero attached hydrogens (tertiary/aromatic N) is 1. The molecule has 0 aliphatic carbocycles. The van der Waals surface area contributed by atoms with Crippen LogP contribution >= 0.6 is 15.9 Å². The highest BCUT2D eigenvalue weighted by Gasteiger charge is 2.12. The average molecular weight is 418 g/mol. The molecule has 7 nitrogen and oxygen atoms in total. The molecule has 1 heterocycles. The third kappa shape index (κ3) is 5.06. The fourth-order valence-electron chi connectivity index (χ4n) is 2.21. The van der Waals surface area contributed by atoms with Crippen molar-refractivity contribution in [2.24, 2.45) is 5.10 Å². The predicted molar refractivity (Wildman–Crippen MR) is 100 cm³/mol. The summed E-state index contributed by atoms with van der Waals surface area (Å²) in [4.78, 5) is 23.6. The van der Waals surface area contributed by atoms with E-state index < -0.39 is 0 Å². The Labute approximate surface area is 158 Å². The number of hydrogen-bond donors (Lipinski definition) is 2. The number of ether oxygens (including phenoxy) is 2. The zero-order valence-corrected chi connectivity index (χ0v) is 15.3. The average Bonchev–Trinajstić information content (AvgIpc) is 3.10. The summed E-state index contributed by atoms with van der Waals surface area (Å²) in [5.41, 5.74) is 3.84. The highest BCUT2D eigenvalue weighted by atomic mass is 79.9. The number of carbonyl (C=O) groups excluding carboxylic acids is 2. The van der Waals surface area contributed by atoms with Crippen LogP contribution < -0.4 is 20.2 Å². The molecule has 134 valence electrons. The maximum atomic E-state index is 11.8. The van der Waals surface area contributed by atoms with E-state index in [-0.39, 0.29) is 31.4 Å². The highest BCUT2D eigenvalue weighted by molar-refractivity contribution is 9.10. The number of amides is 2. The summed E-state index contributed by atoms with van der Waals surface area (Å²) in [6, 6.07) is 12.5. The van der Waals surface area contributed by atoms with E-state index in [9.17, 15) is 9.59 Å². The second kappa shape index (κ2) is 8.48. The Hall–Kier alpha value is -2.87. The molecule has 26 heavy (non-hydrogen) atoms. The van der Waals surface area contributed by atoms with Crippen LogP contribution in [0.3, 0.4) is 0 Å². The molecule has 0 fully saturated rings. The second-order valence-corrected chi connectivity index (χ2v) is 6.38. The molecule has 0 atom stereocenters. The lowest BCUT2D eigenvalue weighted by Gasteiger charge is -2.05. The van der Waals surface area contributed by atoms with Gasteiger partial charge in [0.2, 0.25) is 18.6 Å². The molecule has 2 aromatic carbocycles. The third-order valence-corrected chi connectivity index (χ3v) is 4.04. The lowest BCUT2D eigenvalue weighted by molar-refractivity contribution is -0.124. The van der Waals surface area contributed by atoms with Gasteiger partial charge in [0, 0.05) is 23.0 Å². The van der Waals surface area contributed by atoms with Crippen molar-refractivity contribution in [3.05, 3.63) is 52.5 Å². The summed E-state index contributed by atoms with van der Waals surface area (Å²) < 4.78 is 11.4. The topological polar surface area (TPSA) is 89.0 Å². The van der Waals surface area contributed by atoms with Crippen molar-refractivity contribution in [3.63, 3.8) is 0 Å². The van der Waals surface area contributed by atoms with E-state index >= 15 is 0 Å². The minimum Gasteiger partial charge on any atom is -0.454 e. The van der Waals surface area contributed by atoms with Crippen LogP contribution in [0.5, 0.6) is 11.5 Å².